The third kappa shape index (κ3) is 4.71. The number of halogens is 1. The number of rotatable bonds is 5. The van der Waals surface area contributed by atoms with E-state index in [2.05, 4.69) is 15.9 Å². The molecule has 0 bridgehead atoms. The molecular formula is C29H32BrNO5. The quantitative estimate of drug-likeness (QED) is 0.425. The van der Waals surface area contributed by atoms with Crippen molar-refractivity contribution in [1.29, 1.82) is 0 Å². The zero-order chi connectivity index (χ0) is 25.4. The monoisotopic (exact) mass is 553 g/mol. The van der Waals surface area contributed by atoms with E-state index in [-0.39, 0.29) is 18.2 Å². The SMILES string of the molecule is Cc1c(CC(=O)N2CC[C@@]3(O)CCCC[C@@H]3C2)c(=O)oc2c(C)c(OCc3ccccc3Br)ccc12. The Morgan fingerprint density at radius 2 is 1.97 bits per heavy atom. The fourth-order valence-electron chi connectivity index (χ4n) is 5.76. The fraction of sp³-hybridized carbons (Fsp3) is 0.448. The Hall–Kier alpha value is -2.64. The standard InChI is InChI=1S/C29H32BrNO5/c1-18-22-10-11-25(35-17-20-7-3-4-9-24(20)30)19(2)27(22)36-28(33)23(18)15-26(32)31-14-13-29(34)12-6-5-8-21(29)16-31/h3-4,7,9-11,21,34H,5-6,8,12-17H2,1-2H3/t21-,29+/m1/s1. The van der Waals surface area contributed by atoms with Crippen LogP contribution in [0.15, 0.2) is 50.1 Å². The van der Waals surface area contributed by atoms with Crippen molar-refractivity contribution < 1.29 is 19.1 Å². The van der Waals surface area contributed by atoms with E-state index in [0.29, 0.717) is 43.0 Å². The lowest BCUT2D eigenvalue weighted by Crippen LogP contribution is -2.55. The van der Waals surface area contributed by atoms with E-state index in [4.69, 9.17) is 9.15 Å². The van der Waals surface area contributed by atoms with Crippen molar-refractivity contribution in [2.75, 3.05) is 13.1 Å². The van der Waals surface area contributed by atoms with Gasteiger partial charge >= 0.3 is 5.63 Å². The van der Waals surface area contributed by atoms with Crippen LogP contribution in [0.5, 0.6) is 5.75 Å². The number of amides is 1. The molecule has 1 aliphatic carbocycles. The van der Waals surface area contributed by atoms with E-state index >= 15 is 0 Å². The van der Waals surface area contributed by atoms with Gasteiger partial charge in [-0.05, 0) is 56.9 Å². The first-order valence-corrected chi connectivity index (χ1v) is 13.5. The van der Waals surface area contributed by atoms with Crippen molar-refractivity contribution in [2.45, 2.75) is 64.6 Å². The minimum atomic E-state index is -0.638. The Bertz CT molecular complexity index is 1370. The van der Waals surface area contributed by atoms with Crippen molar-refractivity contribution in [3.63, 3.8) is 0 Å². The number of carbonyl (C=O) groups excluding carboxylic acids is 1. The maximum Gasteiger partial charge on any atom is 0.340 e. The van der Waals surface area contributed by atoms with Gasteiger partial charge in [-0.1, -0.05) is 47.0 Å². The van der Waals surface area contributed by atoms with Gasteiger partial charge in [0.25, 0.3) is 0 Å². The summed E-state index contributed by atoms with van der Waals surface area (Å²) in [5.74, 6) is 0.691. The molecule has 1 amide bonds. The number of hydrogen-bond donors (Lipinski definition) is 1. The van der Waals surface area contributed by atoms with Gasteiger partial charge in [-0.15, -0.1) is 0 Å². The third-order valence-electron chi connectivity index (χ3n) is 8.10. The number of fused-ring (bicyclic) bond motifs is 2. The molecule has 1 aliphatic heterocycles. The fourth-order valence-corrected chi connectivity index (χ4v) is 6.16. The molecule has 0 spiro atoms. The molecule has 0 radical (unpaired) electrons. The maximum atomic E-state index is 13.2. The minimum Gasteiger partial charge on any atom is -0.488 e. The highest BCUT2D eigenvalue weighted by Gasteiger charge is 2.43. The van der Waals surface area contributed by atoms with Gasteiger partial charge in [0.2, 0.25) is 5.91 Å². The number of aryl methyl sites for hydroxylation is 2. The number of likely N-dealkylation sites (tertiary alicyclic amines) is 1. The summed E-state index contributed by atoms with van der Waals surface area (Å²) >= 11 is 3.54. The van der Waals surface area contributed by atoms with Crippen LogP contribution < -0.4 is 10.4 Å². The van der Waals surface area contributed by atoms with E-state index in [1.807, 2.05) is 55.1 Å². The zero-order valence-electron chi connectivity index (χ0n) is 20.8. The summed E-state index contributed by atoms with van der Waals surface area (Å²) in [6.45, 7) is 5.23. The number of benzene rings is 2. The Morgan fingerprint density at radius 1 is 1.17 bits per heavy atom. The molecule has 1 aromatic heterocycles. The molecule has 2 heterocycles. The van der Waals surface area contributed by atoms with E-state index in [9.17, 15) is 14.7 Å². The molecule has 190 valence electrons. The molecule has 6 nitrogen and oxygen atoms in total. The number of aliphatic hydroxyl groups is 1. The molecule has 2 aliphatic rings. The Balaban J connectivity index is 1.35. The van der Waals surface area contributed by atoms with Crippen LogP contribution in [-0.2, 0) is 17.8 Å². The molecule has 5 rings (SSSR count). The smallest absolute Gasteiger partial charge is 0.340 e. The van der Waals surface area contributed by atoms with Crippen molar-refractivity contribution in [3.05, 3.63) is 73.5 Å². The van der Waals surface area contributed by atoms with Gasteiger partial charge in [-0.3, -0.25) is 4.79 Å². The molecule has 1 saturated heterocycles. The lowest BCUT2D eigenvalue weighted by atomic mass is 9.71. The summed E-state index contributed by atoms with van der Waals surface area (Å²) in [7, 11) is 0. The van der Waals surface area contributed by atoms with E-state index < -0.39 is 11.2 Å². The number of carbonyl (C=O) groups is 1. The molecule has 2 fully saturated rings. The van der Waals surface area contributed by atoms with Gasteiger partial charge in [0.05, 0.1) is 17.6 Å². The molecule has 1 N–H and O–H groups in total. The maximum absolute atomic E-state index is 13.2. The van der Waals surface area contributed by atoms with Gasteiger partial charge in [0, 0.05) is 40.0 Å². The normalized spacial score (nSPS) is 21.9. The van der Waals surface area contributed by atoms with Crippen molar-refractivity contribution >= 4 is 32.8 Å². The van der Waals surface area contributed by atoms with E-state index in [0.717, 1.165) is 52.2 Å². The summed E-state index contributed by atoms with van der Waals surface area (Å²) in [6.07, 6.45) is 4.53. The highest BCUT2D eigenvalue weighted by molar-refractivity contribution is 9.10. The Morgan fingerprint density at radius 3 is 2.78 bits per heavy atom. The van der Waals surface area contributed by atoms with Crippen LogP contribution in [0.2, 0.25) is 0 Å². The lowest BCUT2D eigenvalue weighted by Gasteiger charge is -2.47. The van der Waals surface area contributed by atoms with Gasteiger partial charge in [0.1, 0.15) is 17.9 Å². The number of nitrogens with zero attached hydrogens (tertiary/aromatic N) is 1. The molecule has 0 unspecified atom stereocenters. The Labute approximate surface area is 219 Å². The largest absolute Gasteiger partial charge is 0.488 e. The predicted molar refractivity (Wildman–Crippen MR) is 142 cm³/mol. The second kappa shape index (κ2) is 10.0. The van der Waals surface area contributed by atoms with Crippen LogP contribution in [0.4, 0.5) is 0 Å². The van der Waals surface area contributed by atoms with E-state index in [1.54, 1.807) is 0 Å². The average molecular weight is 554 g/mol. The van der Waals surface area contributed by atoms with Crippen LogP contribution in [0, 0.1) is 19.8 Å². The molecule has 2 atom stereocenters. The van der Waals surface area contributed by atoms with Crippen molar-refractivity contribution in [3.8, 4) is 5.75 Å². The highest BCUT2D eigenvalue weighted by atomic mass is 79.9. The number of hydrogen-bond acceptors (Lipinski definition) is 5. The molecule has 7 heteroatoms. The van der Waals surface area contributed by atoms with Gasteiger partial charge in [-0.25, -0.2) is 4.79 Å². The lowest BCUT2D eigenvalue weighted by molar-refractivity contribution is -0.142. The highest BCUT2D eigenvalue weighted by Crippen LogP contribution is 2.40. The van der Waals surface area contributed by atoms with E-state index in [1.165, 1.54) is 0 Å². The van der Waals surface area contributed by atoms with Crippen LogP contribution in [0.1, 0.15) is 54.4 Å². The predicted octanol–water partition coefficient (Wildman–Crippen LogP) is 5.45. The average Bonchev–Trinajstić information content (AvgIpc) is 2.86. The molecular weight excluding hydrogens is 522 g/mol. The second-order valence-corrected chi connectivity index (χ2v) is 11.1. The summed E-state index contributed by atoms with van der Waals surface area (Å²) in [4.78, 5) is 28.0. The van der Waals surface area contributed by atoms with Crippen LogP contribution in [0.3, 0.4) is 0 Å². The first-order chi connectivity index (χ1) is 17.3. The summed E-state index contributed by atoms with van der Waals surface area (Å²) in [5.41, 5.74) is 2.31. The first kappa shape index (κ1) is 25.0. The summed E-state index contributed by atoms with van der Waals surface area (Å²) in [6, 6.07) is 11.7. The molecule has 36 heavy (non-hydrogen) atoms. The number of ether oxygens (including phenoxy) is 1. The molecule has 2 aromatic carbocycles. The van der Waals surface area contributed by atoms with Crippen LogP contribution in [0.25, 0.3) is 11.0 Å². The van der Waals surface area contributed by atoms with Crippen LogP contribution in [-0.4, -0.2) is 34.6 Å². The minimum absolute atomic E-state index is 0.00852. The summed E-state index contributed by atoms with van der Waals surface area (Å²) < 4.78 is 12.8. The van der Waals surface area contributed by atoms with Gasteiger partial charge in [-0.2, -0.15) is 0 Å². The summed E-state index contributed by atoms with van der Waals surface area (Å²) in [5, 5.41) is 11.7. The van der Waals surface area contributed by atoms with Crippen LogP contribution >= 0.6 is 15.9 Å². The second-order valence-electron chi connectivity index (χ2n) is 10.3. The Kier molecular flexibility index (Phi) is 6.97. The van der Waals surface area contributed by atoms with Gasteiger partial charge in [0.15, 0.2) is 0 Å². The van der Waals surface area contributed by atoms with Crippen molar-refractivity contribution in [1.82, 2.24) is 4.90 Å². The van der Waals surface area contributed by atoms with Gasteiger partial charge < -0.3 is 19.2 Å². The van der Waals surface area contributed by atoms with Crippen molar-refractivity contribution in [2.24, 2.45) is 5.92 Å². The third-order valence-corrected chi connectivity index (χ3v) is 8.88. The molecule has 1 saturated carbocycles. The first-order valence-electron chi connectivity index (χ1n) is 12.7. The topological polar surface area (TPSA) is 80.0 Å². The zero-order valence-corrected chi connectivity index (χ0v) is 22.4. The molecule has 3 aromatic rings. The number of piperidine rings is 1.